The van der Waals surface area contributed by atoms with Gasteiger partial charge >= 0.3 is 5.97 Å². The van der Waals surface area contributed by atoms with Crippen LogP contribution in [-0.4, -0.2) is 37.6 Å². The minimum atomic E-state index is 0.0111. The molecule has 0 aliphatic rings. The van der Waals surface area contributed by atoms with Gasteiger partial charge in [0.05, 0.1) is 0 Å². The van der Waals surface area contributed by atoms with E-state index in [2.05, 4.69) is 104 Å². The van der Waals surface area contributed by atoms with Crippen molar-refractivity contribution in [3.05, 3.63) is 96.1 Å². The van der Waals surface area contributed by atoms with Crippen molar-refractivity contribution in [2.45, 2.75) is 224 Å². The maximum absolute atomic E-state index is 12.6. The van der Waals surface area contributed by atoms with Crippen LogP contribution in [0.25, 0.3) is 0 Å². The van der Waals surface area contributed by atoms with Crippen LogP contribution in [0.4, 0.5) is 0 Å². The second-order valence-corrected chi connectivity index (χ2v) is 17.7. The molecule has 0 aromatic heterocycles. The van der Waals surface area contributed by atoms with Crippen LogP contribution in [0.3, 0.4) is 0 Å². The van der Waals surface area contributed by atoms with Gasteiger partial charge in [0.1, 0.15) is 6.10 Å². The lowest BCUT2D eigenvalue weighted by molar-refractivity contribution is -0.150. The summed E-state index contributed by atoms with van der Waals surface area (Å²) in [7, 11) is 4.14. The molecule has 3 nitrogen and oxygen atoms in total. The smallest absolute Gasteiger partial charge is 0.306 e. The van der Waals surface area contributed by atoms with Gasteiger partial charge in [-0.15, -0.1) is 0 Å². The van der Waals surface area contributed by atoms with Crippen LogP contribution in [0.1, 0.15) is 217 Å². The van der Waals surface area contributed by atoms with E-state index in [9.17, 15) is 4.79 Å². The maximum atomic E-state index is 12.6. The molecule has 0 fully saturated rings. The van der Waals surface area contributed by atoms with Gasteiger partial charge < -0.3 is 9.64 Å². The molecule has 0 bridgehead atoms. The summed E-state index contributed by atoms with van der Waals surface area (Å²) in [6.07, 6.45) is 52.6. The molecular formula is C55H91NO2. The molecule has 0 N–H and O–H groups in total. The first-order chi connectivity index (χ1) is 28.6. The highest BCUT2D eigenvalue weighted by Gasteiger charge is 2.14. The first kappa shape index (κ1) is 51.5. The van der Waals surface area contributed by atoms with Gasteiger partial charge in [0, 0.05) is 6.42 Å². The highest BCUT2D eigenvalue weighted by Crippen LogP contribution is 2.19. The van der Waals surface area contributed by atoms with E-state index in [1.807, 2.05) is 0 Å². The molecule has 2 aromatic carbocycles. The number of esters is 1. The number of benzene rings is 2. The fourth-order valence-electron chi connectivity index (χ4n) is 8.09. The van der Waals surface area contributed by atoms with Crippen LogP contribution in [0.15, 0.2) is 85.0 Å². The van der Waals surface area contributed by atoms with Gasteiger partial charge in [-0.05, 0) is 141 Å². The van der Waals surface area contributed by atoms with E-state index < -0.39 is 0 Å². The molecule has 0 aliphatic heterocycles. The Hall–Kier alpha value is -2.65. The SMILES string of the molecule is CN(C)CCCC(=O)OC(CCCCCCCCC=CCCCCCCCCc1ccccc1)CCCCCCCCC=CCCCCCCCCc1ccccc1. The number of carbonyl (C=O) groups is 1. The van der Waals surface area contributed by atoms with Crippen LogP contribution < -0.4 is 0 Å². The molecule has 0 saturated carbocycles. The molecule has 0 radical (unpaired) electrons. The van der Waals surface area contributed by atoms with Crippen molar-refractivity contribution in [2.75, 3.05) is 20.6 Å². The summed E-state index contributed by atoms with van der Waals surface area (Å²) in [6, 6.07) is 21.8. The number of allylic oxidation sites excluding steroid dienone is 4. The second-order valence-electron chi connectivity index (χ2n) is 17.7. The van der Waals surface area contributed by atoms with Gasteiger partial charge in [-0.3, -0.25) is 4.79 Å². The molecule has 328 valence electrons. The fourth-order valence-corrected chi connectivity index (χ4v) is 8.09. The van der Waals surface area contributed by atoms with E-state index >= 15 is 0 Å². The zero-order valence-corrected chi connectivity index (χ0v) is 38.2. The Labute approximate surface area is 360 Å². The van der Waals surface area contributed by atoms with Gasteiger partial charge in [-0.2, -0.15) is 0 Å². The first-order valence-electron chi connectivity index (χ1n) is 24.9. The summed E-state index contributed by atoms with van der Waals surface area (Å²) in [5.41, 5.74) is 2.97. The summed E-state index contributed by atoms with van der Waals surface area (Å²) in [4.78, 5) is 14.8. The third kappa shape index (κ3) is 34.2. The number of hydrogen-bond acceptors (Lipinski definition) is 3. The third-order valence-electron chi connectivity index (χ3n) is 11.8. The molecule has 0 spiro atoms. The number of aryl methyl sites for hydroxylation is 2. The molecule has 0 atom stereocenters. The summed E-state index contributed by atoms with van der Waals surface area (Å²) in [5.74, 6) is 0.0111. The Morgan fingerprint density at radius 1 is 0.448 bits per heavy atom. The molecule has 0 saturated heterocycles. The number of ether oxygens (including phenoxy) is 1. The zero-order valence-electron chi connectivity index (χ0n) is 38.2. The molecule has 3 heteroatoms. The number of hydrogen-bond donors (Lipinski definition) is 0. The Morgan fingerprint density at radius 3 is 1.14 bits per heavy atom. The quantitative estimate of drug-likeness (QED) is 0.0381. The van der Waals surface area contributed by atoms with E-state index in [1.165, 1.54) is 204 Å². The van der Waals surface area contributed by atoms with E-state index in [-0.39, 0.29) is 12.1 Å². The molecular weight excluding hydrogens is 707 g/mol. The molecule has 2 rings (SSSR count). The minimum absolute atomic E-state index is 0.0111. The largest absolute Gasteiger partial charge is 0.462 e. The molecule has 0 amide bonds. The van der Waals surface area contributed by atoms with Crippen molar-refractivity contribution in [1.29, 1.82) is 0 Å². The van der Waals surface area contributed by atoms with E-state index in [4.69, 9.17) is 4.74 Å². The number of unbranched alkanes of at least 4 members (excludes halogenated alkanes) is 24. The van der Waals surface area contributed by atoms with Crippen LogP contribution in [-0.2, 0) is 22.4 Å². The lowest BCUT2D eigenvalue weighted by Gasteiger charge is -2.18. The van der Waals surface area contributed by atoms with E-state index in [0.29, 0.717) is 6.42 Å². The Kier molecular flexibility index (Phi) is 35.3. The molecule has 2 aromatic rings. The molecule has 0 aliphatic carbocycles. The lowest BCUT2D eigenvalue weighted by Crippen LogP contribution is -2.20. The minimum Gasteiger partial charge on any atom is -0.462 e. The van der Waals surface area contributed by atoms with Crippen LogP contribution in [0.5, 0.6) is 0 Å². The van der Waals surface area contributed by atoms with Crippen molar-refractivity contribution in [3.8, 4) is 0 Å². The third-order valence-corrected chi connectivity index (χ3v) is 11.8. The van der Waals surface area contributed by atoms with Gasteiger partial charge in [-0.1, -0.05) is 188 Å². The monoisotopic (exact) mass is 798 g/mol. The van der Waals surface area contributed by atoms with Gasteiger partial charge in [0.15, 0.2) is 0 Å². The number of nitrogens with zero attached hydrogens (tertiary/aromatic N) is 1. The summed E-state index contributed by atoms with van der Waals surface area (Å²) in [6.45, 7) is 0.942. The molecule has 0 heterocycles. The fraction of sp³-hybridized carbons (Fsp3) is 0.691. The maximum Gasteiger partial charge on any atom is 0.306 e. The van der Waals surface area contributed by atoms with Crippen LogP contribution >= 0.6 is 0 Å². The Bertz CT molecular complexity index is 1120. The molecule has 0 unspecified atom stereocenters. The number of rotatable bonds is 41. The summed E-state index contributed by atoms with van der Waals surface area (Å²) < 4.78 is 6.05. The predicted molar refractivity (Wildman–Crippen MR) is 255 cm³/mol. The average Bonchev–Trinajstić information content (AvgIpc) is 3.23. The van der Waals surface area contributed by atoms with Crippen molar-refractivity contribution in [3.63, 3.8) is 0 Å². The van der Waals surface area contributed by atoms with E-state index in [1.54, 1.807) is 0 Å². The highest BCUT2D eigenvalue weighted by molar-refractivity contribution is 5.69. The van der Waals surface area contributed by atoms with Crippen LogP contribution in [0, 0.1) is 0 Å². The first-order valence-corrected chi connectivity index (χ1v) is 24.9. The van der Waals surface area contributed by atoms with Crippen LogP contribution in [0.2, 0.25) is 0 Å². The van der Waals surface area contributed by atoms with Crippen molar-refractivity contribution in [1.82, 2.24) is 4.90 Å². The predicted octanol–water partition coefficient (Wildman–Crippen LogP) is 16.5. The van der Waals surface area contributed by atoms with Crippen molar-refractivity contribution < 1.29 is 9.53 Å². The topological polar surface area (TPSA) is 29.5 Å². The van der Waals surface area contributed by atoms with E-state index in [0.717, 1.165) is 25.8 Å². The number of carbonyl (C=O) groups excluding carboxylic acids is 1. The standard InChI is InChI=1S/C55H91NO2/c1-56(2)51-41-50-55(57)58-54(48-39-29-25-21-17-13-9-5-3-7-11-15-19-23-27-33-42-52-44-35-31-36-45-52)49-40-30-26-22-18-14-10-6-4-8-12-16-20-24-28-34-43-53-46-37-32-38-47-53/h3-6,31-32,35-38,44-47,54H,7-30,33-34,39-43,48-51H2,1-2H3. The summed E-state index contributed by atoms with van der Waals surface area (Å²) >= 11 is 0. The second kappa shape index (κ2) is 39.8. The zero-order chi connectivity index (χ0) is 41.2. The lowest BCUT2D eigenvalue weighted by atomic mass is 10.0. The normalized spacial score (nSPS) is 12.3. The van der Waals surface area contributed by atoms with Crippen molar-refractivity contribution in [2.24, 2.45) is 0 Å². The highest BCUT2D eigenvalue weighted by atomic mass is 16.5. The van der Waals surface area contributed by atoms with Gasteiger partial charge in [-0.25, -0.2) is 0 Å². The van der Waals surface area contributed by atoms with Crippen molar-refractivity contribution >= 4 is 5.97 Å². The average molecular weight is 798 g/mol. The Morgan fingerprint density at radius 2 is 0.776 bits per heavy atom. The van der Waals surface area contributed by atoms with Gasteiger partial charge in [0.25, 0.3) is 0 Å². The Balaban J connectivity index is 1.40. The van der Waals surface area contributed by atoms with Gasteiger partial charge in [0.2, 0.25) is 0 Å². The summed E-state index contributed by atoms with van der Waals surface area (Å²) in [5, 5.41) is 0. The molecule has 58 heavy (non-hydrogen) atoms.